The number of benzene rings is 2. The van der Waals surface area contributed by atoms with Crippen molar-refractivity contribution in [3.05, 3.63) is 57.7 Å². The highest BCUT2D eigenvalue weighted by molar-refractivity contribution is 9.10. The van der Waals surface area contributed by atoms with Crippen molar-refractivity contribution in [3.63, 3.8) is 0 Å². The molecule has 0 N–H and O–H groups in total. The molecule has 0 atom stereocenters. The van der Waals surface area contributed by atoms with Crippen molar-refractivity contribution < 1.29 is 14.3 Å². The lowest BCUT2D eigenvalue weighted by Gasteiger charge is -2.26. The van der Waals surface area contributed by atoms with Gasteiger partial charge in [-0.05, 0) is 62.9 Å². The first-order valence-corrected chi connectivity index (χ1v) is 10.9. The minimum absolute atomic E-state index is 0.201. The Kier molecular flexibility index (Phi) is 5.90. The number of carbonyl (C=O) groups is 1. The second-order valence-corrected chi connectivity index (χ2v) is 8.43. The first-order chi connectivity index (χ1) is 14.0. The summed E-state index contributed by atoms with van der Waals surface area (Å²) in [6.07, 6.45) is 3.81. The largest absolute Gasteiger partial charge is 0.487 e. The highest BCUT2D eigenvalue weighted by atomic mass is 79.9. The number of hydrogen-bond acceptors (Lipinski definition) is 4. The van der Waals surface area contributed by atoms with Crippen LogP contribution in [-0.4, -0.2) is 22.4 Å². The molecule has 5 nitrogen and oxygen atoms in total. The maximum atomic E-state index is 12.0. The van der Waals surface area contributed by atoms with Crippen molar-refractivity contribution >= 4 is 32.8 Å². The summed E-state index contributed by atoms with van der Waals surface area (Å²) >= 11 is 3.57. The van der Waals surface area contributed by atoms with Gasteiger partial charge in [0.1, 0.15) is 18.1 Å². The van der Waals surface area contributed by atoms with Crippen LogP contribution in [0.1, 0.15) is 49.0 Å². The van der Waals surface area contributed by atoms with Crippen molar-refractivity contribution in [2.45, 2.75) is 52.2 Å². The van der Waals surface area contributed by atoms with Crippen LogP contribution in [0.2, 0.25) is 0 Å². The van der Waals surface area contributed by atoms with Crippen LogP contribution in [0, 0.1) is 6.92 Å². The molecule has 1 aromatic heterocycles. The lowest BCUT2D eigenvalue weighted by Crippen LogP contribution is -2.18. The number of carbonyl (C=O) groups excluding carboxylic acids is 1. The molecule has 152 valence electrons. The van der Waals surface area contributed by atoms with Gasteiger partial charge in [-0.15, -0.1) is 0 Å². The zero-order chi connectivity index (χ0) is 20.4. The van der Waals surface area contributed by atoms with E-state index in [1.54, 1.807) is 0 Å². The Morgan fingerprint density at radius 3 is 2.79 bits per heavy atom. The monoisotopic (exact) mass is 456 g/mol. The van der Waals surface area contributed by atoms with E-state index in [4.69, 9.17) is 14.6 Å². The van der Waals surface area contributed by atoms with Gasteiger partial charge in [0, 0.05) is 15.4 Å². The molecule has 29 heavy (non-hydrogen) atoms. The quantitative estimate of drug-likeness (QED) is 0.439. The molecule has 2 aromatic carbocycles. The Labute approximate surface area is 179 Å². The highest BCUT2D eigenvalue weighted by Gasteiger charge is 2.24. The molecule has 0 saturated heterocycles. The lowest BCUT2D eigenvalue weighted by molar-refractivity contribution is -0.142. The number of rotatable bonds is 7. The summed E-state index contributed by atoms with van der Waals surface area (Å²) in [4.78, 5) is 12.0. The molecule has 1 heterocycles. The smallest absolute Gasteiger partial charge is 0.310 e. The van der Waals surface area contributed by atoms with Gasteiger partial charge in [-0.25, -0.2) is 0 Å². The van der Waals surface area contributed by atoms with Gasteiger partial charge in [0.05, 0.1) is 24.6 Å². The number of halogens is 1. The average Bonchev–Trinajstić information content (AvgIpc) is 2.98. The van der Waals surface area contributed by atoms with Crippen molar-refractivity contribution in [1.29, 1.82) is 0 Å². The Bertz CT molecular complexity index is 1040. The molecule has 6 heteroatoms. The number of aromatic nitrogens is 2. The third-order valence-corrected chi connectivity index (χ3v) is 5.89. The van der Waals surface area contributed by atoms with Gasteiger partial charge >= 0.3 is 5.97 Å². The predicted molar refractivity (Wildman–Crippen MR) is 116 cm³/mol. The Balaban J connectivity index is 1.61. The van der Waals surface area contributed by atoms with Crippen molar-refractivity contribution in [3.8, 4) is 5.75 Å². The first-order valence-electron chi connectivity index (χ1n) is 10.1. The van der Waals surface area contributed by atoms with Crippen molar-refractivity contribution in [2.75, 3.05) is 6.61 Å². The average molecular weight is 457 g/mol. The second kappa shape index (κ2) is 8.57. The summed E-state index contributed by atoms with van der Waals surface area (Å²) in [5.74, 6) is 0.462. The van der Waals surface area contributed by atoms with Crippen LogP contribution in [0.25, 0.3) is 10.9 Å². The summed E-state index contributed by atoms with van der Waals surface area (Å²) < 4.78 is 14.5. The zero-order valence-corrected chi connectivity index (χ0v) is 18.4. The molecule has 0 amide bonds. The molecule has 0 radical (unpaired) electrons. The van der Waals surface area contributed by atoms with Gasteiger partial charge in [0.15, 0.2) is 0 Å². The predicted octanol–water partition coefficient (Wildman–Crippen LogP) is 5.52. The van der Waals surface area contributed by atoms with Gasteiger partial charge in [0.2, 0.25) is 0 Å². The maximum absolute atomic E-state index is 12.0. The summed E-state index contributed by atoms with van der Waals surface area (Å²) in [7, 11) is 0. The fourth-order valence-corrected chi connectivity index (χ4v) is 4.01. The third-order valence-electron chi connectivity index (χ3n) is 5.39. The molecule has 0 aliphatic heterocycles. The SMILES string of the molecule is CCOC(=O)Cc1ccc(C)cc1OCc1nn(C2CCC2)c2ccc(Br)cc12. The highest BCUT2D eigenvalue weighted by Crippen LogP contribution is 2.35. The molecular weight excluding hydrogens is 432 g/mol. The zero-order valence-electron chi connectivity index (χ0n) is 16.8. The maximum Gasteiger partial charge on any atom is 0.310 e. The molecule has 1 saturated carbocycles. The molecule has 1 aliphatic carbocycles. The summed E-state index contributed by atoms with van der Waals surface area (Å²) in [5, 5.41) is 5.99. The fourth-order valence-electron chi connectivity index (χ4n) is 3.65. The number of esters is 1. The summed E-state index contributed by atoms with van der Waals surface area (Å²) in [6.45, 7) is 4.55. The molecule has 3 aromatic rings. The third kappa shape index (κ3) is 4.32. The summed E-state index contributed by atoms with van der Waals surface area (Å²) in [5.41, 5.74) is 3.97. The first kappa shape index (κ1) is 20.0. The van der Waals surface area contributed by atoms with Crippen LogP contribution in [0.4, 0.5) is 0 Å². The number of ether oxygens (including phenoxy) is 2. The van der Waals surface area contributed by atoms with E-state index in [9.17, 15) is 4.79 Å². The van der Waals surface area contributed by atoms with Crippen molar-refractivity contribution in [1.82, 2.24) is 9.78 Å². The minimum Gasteiger partial charge on any atom is -0.487 e. The van der Waals surface area contributed by atoms with E-state index in [1.807, 2.05) is 32.0 Å². The number of nitrogens with zero attached hydrogens (tertiary/aromatic N) is 2. The fraction of sp³-hybridized carbons (Fsp3) is 0.391. The molecule has 0 spiro atoms. The van der Waals surface area contributed by atoms with Crippen LogP contribution < -0.4 is 4.74 Å². The van der Waals surface area contributed by atoms with Gasteiger partial charge in [-0.1, -0.05) is 28.1 Å². The minimum atomic E-state index is -0.246. The Hall–Kier alpha value is -2.34. The molecule has 0 unspecified atom stereocenters. The van der Waals surface area contributed by atoms with Gasteiger partial charge < -0.3 is 9.47 Å². The van der Waals surface area contributed by atoms with E-state index in [0.29, 0.717) is 25.0 Å². The van der Waals surface area contributed by atoms with Crippen LogP contribution in [0.3, 0.4) is 0 Å². The van der Waals surface area contributed by atoms with Crippen LogP contribution in [-0.2, 0) is 22.6 Å². The topological polar surface area (TPSA) is 53.4 Å². The molecule has 0 bridgehead atoms. The van der Waals surface area contributed by atoms with Crippen LogP contribution in [0.15, 0.2) is 40.9 Å². The van der Waals surface area contributed by atoms with Gasteiger partial charge in [0.25, 0.3) is 0 Å². The second-order valence-electron chi connectivity index (χ2n) is 7.52. The molecular formula is C23H25BrN2O3. The summed E-state index contributed by atoms with van der Waals surface area (Å²) in [6, 6.07) is 12.6. The van der Waals surface area contributed by atoms with Crippen molar-refractivity contribution in [2.24, 2.45) is 0 Å². The molecule has 1 aliphatic rings. The lowest BCUT2D eigenvalue weighted by atomic mass is 9.93. The van der Waals surface area contributed by atoms with Crippen LogP contribution in [0.5, 0.6) is 5.75 Å². The normalized spacial score (nSPS) is 14.0. The van der Waals surface area contributed by atoms with E-state index in [0.717, 1.165) is 32.2 Å². The van der Waals surface area contributed by atoms with E-state index in [-0.39, 0.29) is 12.4 Å². The standard InChI is InChI=1S/C23H25BrN2O3/c1-3-28-23(27)12-16-8-7-15(2)11-22(16)29-14-20-19-13-17(24)9-10-21(19)26(25-20)18-5-4-6-18/h7-11,13,18H,3-6,12,14H2,1-2H3. The molecule has 1 fully saturated rings. The van der Waals surface area contributed by atoms with E-state index in [2.05, 4.69) is 38.8 Å². The number of hydrogen-bond donors (Lipinski definition) is 0. The van der Waals surface area contributed by atoms with E-state index < -0.39 is 0 Å². The van der Waals surface area contributed by atoms with Gasteiger partial charge in [-0.3, -0.25) is 9.48 Å². The van der Waals surface area contributed by atoms with E-state index in [1.165, 1.54) is 19.3 Å². The van der Waals surface area contributed by atoms with Gasteiger partial charge in [-0.2, -0.15) is 5.10 Å². The van der Waals surface area contributed by atoms with E-state index >= 15 is 0 Å². The molecule has 4 rings (SSSR count). The Morgan fingerprint density at radius 1 is 1.24 bits per heavy atom. The number of fused-ring (bicyclic) bond motifs is 1. The Morgan fingerprint density at radius 2 is 2.07 bits per heavy atom. The van der Waals surface area contributed by atoms with Crippen LogP contribution >= 0.6 is 15.9 Å². The number of aryl methyl sites for hydroxylation is 1.